The number of ether oxygens (including phenoxy) is 1. The van der Waals surface area contributed by atoms with E-state index in [1.165, 1.54) is 4.68 Å². The number of piperazine rings is 1. The summed E-state index contributed by atoms with van der Waals surface area (Å²) in [6, 6.07) is 14.8. The smallest absolute Gasteiger partial charge is 0.292 e. The van der Waals surface area contributed by atoms with Gasteiger partial charge in [0.25, 0.3) is 5.56 Å². The average Bonchev–Trinajstić information content (AvgIpc) is 2.82. The van der Waals surface area contributed by atoms with Gasteiger partial charge < -0.3 is 9.64 Å². The number of halogens is 1. The molecule has 0 bridgehead atoms. The number of ketones is 1. The first-order valence-corrected chi connectivity index (χ1v) is 10.8. The lowest BCUT2D eigenvalue weighted by Crippen LogP contribution is -2.46. The first-order chi connectivity index (χ1) is 15.5. The molecule has 0 aliphatic carbocycles. The Labute approximate surface area is 191 Å². The fourth-order valence-corrected chi connectivity index (χ4v) is 4.15. The Morgan fingerprint density at radius 1 is 1.09 bits per heavy atom. The molecule has 1 aliphatic rings. The van der Waals surface area contributed by atoms with Gasteiger partial charge in [0.05, 0.1) is 24.7 Å². The number of anilines is 1. The average molecular weight is 453 g/mol. The number of rotatable bonds is 6. The number of nitrogens with zero attached hydrogens (tertiary/aromatic N) is 4. The van der Waals surface area contributed by atoms with Gasteiger partial charge in [-0.1, -0.05) is 29.8 Å². The van der Waals surface area contributed by atoms with Gasteiger partial charge in [0.2, 0.25) is 0 Å². The van der Waals surface area contributed by atoms with Crippen LogP contribution in [0.1, 0.15) is 22.8 Å². The van der Waals surface area contributed by atoms with E-state index in [0.717, 1.165) is 24.4 Å². The summed E-state index contributed by atoms with van der Waals surface area (Å²) in [4.78, 5) is 28.9. The van der Waals surface area contributed by atoms with Gasteiger partial charge in [-0.05, 0) is 37.3 Å². The number of carbonyl (C=O) groups excluding carboxylic acids is 1. The highest BCUT2D eigenvalue weighted by molar-refractivity contribution is 6.33. The van der Waals surface area contributed by atoms with E-state index in [4.69, 9.17) is 16.3 Å². The Bertz CT molecular complexity index is 1170. The largest absolute Gasteiger partial charge is 0.496 e. The Morgan fingerprint density at radius 3 is 2.47 bits per heavy atom. The Balaban J connectivity index is 1.47. The van der Waals surface area contributed by atoms with Crippen molar-refractivity contribution in [1.29, 1.82) is 0 Å². The predicted octanol–water partition coefficient (Wildman–Crippen LogP) is 3.42. The predicted molar refractivity (Wildman–Crippen MR) is 125 cm³/mol. The number of hydrogen-bond acceptors (Lipinski definition) is 6. The highest BCUT2D eigenvalue weighted by Gasteiger charge is 2.22. The zero-order chi connectivity index (χ0) is 22.7. The molecular weight excluding hydrogens is 428 g/mol. The highest BCUT2D eigenvalue weighted by atomic mass is 35.5. The maximum atomic E-state index is 12.8. The van der Waals surface area contributed by atoms with Crippen LogP contribution in [0, 0.1) is 0 Å². The van der Waals surface area contributed by atoms with Crippen LogP contribution in [0.15, 0.2) is 59.5 Å². The second-order valence-corrected chi connectivity index (χ2v) is 8.12. The van der Waals surface area contributed by atoms with Crippen LogP contribution in [-0.2, 0) is 6.54 Å². The lowest BCUT2D eigenvalue weighted by Gasteiger charge is -2.36. The summed E-state index contributed by atoms with van der Waals surface area (Å²) in [6.07, 6.45) is 1.66. The number of Topliss-reactive ketones (excluding diaryl/α,β-unsaturated/α-hetero) is 1. The van der Waals surface area contributed by atoms with Gasteiger partial charge in [-0.2, -0.15) is 9.78 Å². The summed E-state index contributed by atoms with van der Waals surface area (Å²) >= 11 is 6.46. The fourth-order valence-electron chi connectivity index (χ4n) is 3.91. The summed E-state index contributed by atoms with van der Waals surface area (Å²) in [5.41, 5.74) is 2.66. The molecule has 4 rings (SSSR count). The van der Waals surface area contributed by atoms with Gasteiger partial charge in [-0.15, -0.1) is 0 Å². The van der Waals surface area contributed by atoms with E-state index in [0.29, 0.717) is 36.6 Å². The van der Waals surface area contributed by atoms with Crippen molar-refractivity contribution in [1.82, 2.24) is 14.7 Å². The van der Waals surface area contributed by atoms with Gasteiger partial charge in [0.15, 0.2) is 5.78 Å². The molecule has 166 valence electrons. The van der Waals surface area contributed by atoms with E-state index in [9.17, 15) is 9.59 Å². The number of hydrogen-bond donors (Lipinski definition) is 0. The maximum Gasteiger partial charge on any atom is 0.292 e. The molecule has 7 nitrogen and oxygen atoms in total. The molecule has 2 heterocycles. The molecular formula is C24H25ClN4O3. The quantitative estimate of drug-likeness (QED) is 0.534. The molecule has 1 fully saturated rings. The second-order valence-electron chi connectivity index (χ2n) is 7.74. The van der Waals surface area contributed by atoms with Crippen LogP contribution in [0.5, 0.6) is 5.75 Å². The topological polar surface area (TPSA) is 67.7 Å². The molecule has 2 aromatic carbocycles. The molecule has 32 heavy (non-hydrogen) atoms. The first kappa shape index (κ1) is 22.0. The van der Waals surface area contributed by atoms with E-state index in [1.807, 2.05) is 42.5 Å². The van der Waals surface area contributed by atoms with Gasteiger partial charge >= 0.3 is 0 Å². The summed E-state index contributed by atoms with van der Waals surface area (Å²) in [6.45, 7) is 5.24. The Hall–Kier alpha value is -3.16. The zero-order valence-corrected chi connectivity index (χ0v) is 18.9. The zero-order valence-electron chi connectivity index (χ0n) is 18.1. The van der Waals surface area contributed by atoms with E-state index < -0.39 is 0 Å². The minimum Gasteiger partial charge on any atom is -0.496 e. The van der Waals surface area contributed by atoms with Crippen LogP contribution >= 0.6 is 11.6 Å². The molecule has 1 aliphatic heterocycles. The molecule has 0 spiro atoms. The Kier molecular flexibility index (Phi) is 6.58. The van der Waals surface area contributed by atoms with Gasteiger partial charge in [-0.3, -0.25) is 14.5 Å². The molecule has 0 atom stereocenters. The monoisotopic (exact) mass is 452 g/mol. The lowest BCUT2D eigenvalue weighted by atomic mass is 10.1. The second kappa shape index (κ2) is 9.54. The first-order valence-electron chi connectivity index (χ1n) is 10.5. The number of benzene rings is 2. The van der Waals surface area contributed by atoms with Crippen LogP contribution in [-0.4, -0.2) is 53.8 Å². The third-order valence-corrected chi connectivity index (χ3v) is 6.05. The van der Waals surface area contributed by atoms with Crippen LogP contribution < -0.4 is 15.2 Å². The molecule has 1 aromatic heterocycles. The summed E-state index contributed by atoms with van der Waals surface area (Å²) in [5.74, 6) is 0.806. The van der Waals surface area contributed by atoms with Crippen LogP contribution in [0.2, 0.25) is 5.02 Å². The minimum absolute atomic E-state index is 0.0334. The molecule has 0 unspecified atom stereocenters. The molecule has 3 aromatic rings. The third kappa shape index (κ3) is 4.54. The van der Waals surface area contributed by atoms with E-state index in [-0.39, 0.29) is 16.4 Å². The van der Waals surface area contributed by atoms with Crippen molar-refractivity contribution in [3.05, 3.63) is 81.2 Å². The van der Waals surface area contributed by atoms with Crippen molar-refractivity contribution in [2.24, 2.45) is 0 Å². The molecule has 0 amide bonds. The normalized spacial score (nSPS) is 14.4. The fraction of sp³-hybridized carbons (Fsp3) is 0.292. The van der Waals surface area contributed by atoms with Crippen LogP contribution in [0.3, 0.4) is 0 Å². The summed E-state index contributed by atoms with van der Waals surface area (Å²) in [7, 11) is 1.64. The lowest BCUT2D eigenvalue weighted by molar-refractivity contribution is 0.101. The molecule has 8 heteroatoms. The van der Waals surface area contributed by atoms with Crippen LogP contribution in [0.4, 0.5) is 5.69 Å². The highest BCUT2D eigenvalue weighted by Crippen LogP contribution is 2.25. The van der Waals surface area contributed by atoms with E-state index >= 15 is 0 Å². The molecule has 0 saturated carbocycles. The Morgan fingerprint density at radius 2 is 1.81 bits per heavy atom. The van der Waals surface area contributed by atoms with Crippen molar-refractivity contribution in [2.75, 3.05) is 38.2 Å². The van der Waals surface area contributed by atoms with E-state index in [2.05, 4.69) is 14.9 Å². The van der Waals surface area contributed by atoms with Crippen molar-refractivity contribution in [3.8, 4) is 11.4 Å². The third-order valence-electron chi connectivity index (χ3n) is 5.70. The number of aromatic nitrogens is 2. The van der Waals surface area contributed by atoms with Crippen LogP contribution in [0.25, 0.3) is 5.69 Å². The molecule has 0 N–H and O–H groups in total. The minimum atomic E-state index is -0.330. The molecule has 0 radical (unpaired) electrons. The number of para-hydroxylation sites is 1. The summed E-state index contributed by atoms with van der Waals surface area (Å²) < 4.78 is 6.79. The SMILES string of the molecule is COc1ccc(C(C)=O)cc1CN1CCN(c2cnn(-c3ccccc3)c(=O)c2Cl)CC1. The van der Waals surface area contributed by atoms with Crippen molar-refractivity contribution in [2.45, 2.75) is 13.5 Å². The van der Waals surface area contributed by atoms with Gasteiger partial charge in [-0.25, -0.2) is 0 Å². The van der Waals surface area contributed by atoms with Crippen molar-refractivity contribution in [3.63, 3.8) is 0 Å². The number of methoxy groups -OCH3 is 1. The maximum absolute atomic E-state index is 12.8. The van der Waals surface area contributed by atoms with E-state index in [1.54, 1.807) is 26.3 Å². The van der Waals surface area contributed by atoms with Crippen molar-refractivity contribution >= 4 is 23.1 Å². The molecule has 1 saturated heterocycles. The summed E-state index contributed by atoms with van der Waals surface area (Å²) in [5, 5.41) is 4.51. The van der Waals surface area contributed by atoms with Gasteiger partial charge in [0, 0.05) is 43.9 Å². The standard InChI is InChI=1S/C24H25ClN4O3/c1-17(30)18-8-9-22(32-2)19(14-18)16-27-10-12-28(13-11-27)21-15-26-29(24(31)23(21)25)20-6-4-3-5-7-20/h3-9,14-15H,10-13,16H2,1-2H3. The van der Waals surface area contributed by atoms with Crippen molar-refractivity contribution < 1.29 is 9.53 Å². The van der Waals surface area contributed by atoms with Gasteiger partial charge in [0.1, 0.15) is 10.8 Å². The number of carbonyl (C=O) groups is 1.